The highest BCUT2D eigenvalue weighted by Crippen LogP contribution is 2.28. The maximum atomic E-state index is 5.68. The molecule has 0 spiro atoms. The predicted molar refractivity (Wildman–Crippen MR) is 79.0 cm³/mol. The second-order valence-electron chi connectivity index (χ2n) is 3.90. The van der Waals surface area contributed by atoms with Gasteiger partial charge in [-0.1, -0.05) is 28.1 Å². The van der Waals surface area contributed by atoms with Crippen LogP contribution in [0.15, 0.2) is 28.1 Å². The third-order valence-electron chi connectivity index (χ3n) is 2.54. The minimum Gasteiger partial charge on any atom is -0.241 e. The zero-order valence-electron chi connectivity index (χ0n) is 9.54. The van der Waals surface area contributed by atoms with Gasteiger partial charge < -0.3 is 0 Å². The van der Waals surface area contributed by atoms with Crippen molar-refractivity contribution in [2.75, 3.05) is 5.88 Å². The van der Waals surface area contributed by atoms with E-state index in [4.69, 9.17) is 11.6 Å². The van der Waals surface area contributed by atoms with Gasteiger partial charge in [0, 0.05) is 21.3 Å². The van der Waals surface area contributed by atoms with Gasteiger partial charge in [-0.3, -0.25) is 0 Å². The van der Waals surface area contributed by atoms with Crippen LogP contribution >= 0.6 is 38.9 Å². The first-order chi connectivity index (χ1) is 8.20. The van der Waals surface area contributed by atoms with Crippen LogP contribution in [-0.4, -0.2) is 10.9 Å². The molecule has 2 rings (SSSR count). The van der Waals surface area contributed by atoms with Crippen LogP contribution in [0.4, 0.5) is 0 Å². The topological polar surface area (TPSA) is 12.9 Å². The predicted octanol–water partition coefficient (Wildman–Crippen LogP) is 5.05. The second-order valence-corrected chi connectivity index (χ2v) is 5.99. The summed E-state index contributed by atoms with van der Waals surface area (Å²) in [6, 6.07) is 6.35. The normalized spacial score (nSPS) is 10.8. The van der Waals surface area contributed by atoms with E-state index in [0.717, 1.165) is 28.0 Å². The Bertz CT molecular complexity index is 510. The largest absolute Gasteiger partial charge is 0.241 e. The number of nitrogens with zero attached hydrogens (tertiary/aromatic N) is 1. The number of rotatable bonds is 4. The van der Waals surface area contributed by atoms with E-state index < -0.39 is 0 Å². The number of thiazole rings is 1. The summed E-state index contributed by atoms with van der Waals surface area (Å²) in [5.41, 5.74) is 3.56. The molecule has 0 saturated heterocycles. The third-order valence-corrected chi connectivity index (χ3v) is 4.60. The molecule has 0 bridgehead atoms. The lowest BCUT2D eigenvalue weighted by molar-refractivity contribution is 0.900. The van der Waals surface area contributed by atoms with Crippen molar-refractivity contribution >= 4 is 38.9 Å². The molecule has 0 atom stereocenters. The van der Waals surface area contributed by atoms with Gasteiger partial charge >= 0.3 is 0 Å². The van der Waals surface area contributed by atoms with Crippen LogP contribution in [-0.2, 0) is 6.42 Å². The number of hydrogen-bond donors (Lipinski definition) is 0. The van der Waals surface area contributed by atoms with Crippen molar-refractivity contribution in [2.24, 2.45) is 0 Å². The minimum atomic E-state index is 0.697. The summed E-state index contributed by atoms with van der Waals surface area (Å²) in [6.45, 7) is 2.08. The molecule has 0 saturated carbocycles. The average Bonchev–Trinajstić information content (AvgIpc) is 2.79. The number of alkyl halides is 1. The summed E-state index contributed by atoms with van der Waals surface area (Å²) in [4.78, 5) is 4.63. The molecule has 90 valence electrons. The Morgan fingerprint density at radius 3 is 2.94 bits per heavy atom. The van der Waals surface area contributed by atoms with Crippen molar-refractivity contribution in [1.29, 1.82) is 0 Å². The Morgan fingerprint density at radius 2 is 2.24 bits per heavy atom. The first-order valence-electron chi connectivity index (χ1n) is 5.47. The lowest BCUT2D eigenvalue weighted by atomic mass is 10.1. The van der Waals surface area contributed by atoms with E-state index in [1.807, 2.05) is 0 Å². The summed E-state index contributed by atoms with van der Waals surface area (Å²) >= 11 is 10.9. The zero-order valence-corrected chi connectivity index (χ0v) is 12.7. The SMILES string of the molecule is Cc1ccc(-c2nc(CCCCl)cs2)cc1Br. The maximum Gasteiger partial charge on any atom is 0.123 e. The van der Waals surface area contributed by atoms with Gasteiger partial charge in [-0.15, -0.1) is 22.9 Å². The summed E-state index contributed by atoms with van der Waals surface area (Å²) in [6.07, 6.45) is 1.95. The lowest BCUT2D eigenvalue weighted by Gasteiger charge is -2.00. The summed E-state index contributed by atoms with van der Waals surface area (Å²) in [5, 5.41) is 3.20. The molecular formula is C13H13BrClNS. The van der Waals surface area contributed by atoms with Crippen LogP contribution in [0, 0.1) is 6.92 Å². The van der Waals surface area contributed by atoms with Crippen LogP contribution in [0.1, 0.15) is 17.7 Å². The fourth-order valence-corrected chi connectivity index (χ4v) is 2.89. The van der Waals surface area contributed by atoms with E-state index in [0.29, 0.717) is 5.88 Å². The van der Waals surface area contributed by atoms with Crippen molar-refractivity contribution in [1.82, 2.24) is 4.98 Å². The molecule has 0 radical (unpaired) electrons. The highest BCUT2D eigenvalue weighted by atomic mass is 79.9. The van der Waals surface area contributed by atoms with E-state index in [9.17, 15) is 0 Å². The molecule has 17 heavy (non-hydrogen) atoms. The molecule has 2 aromatic rings. The van der Waals surface area contributed by atoms with Gasteiger partial charge in [-0.2, -0.15) is 0 Å². The van der Waals surface area contributed by atoms with E-state index in [-0.39, 0.29) is 0 Å². The molecule has 0 unspecified atom stereocenters. The molecule has 1 heterocycles. The number of halogens is 2. The Morgan fingerprint density at radius 1 is 1.41 bits per heavy atom. The van der Waals surface area contributed by atoms with Crippen LogP contribution < -0.4 is 0 Å². The minimum absolute atomic E-state index is 0.697. The van der Waals surface area contributed by atoms with Crippen molar-refractivity contribution in [3.05, 3.63) is 39.3 Å². The molecule has 0 amide bonds. The third kappa shape index (κ3) is 3.30. The Hall–Kier alpha value is -0.380. The van der Waals surface area contributed by atoms with Gasteiger partial charge in [0.15, 0.2) is 0 Å². The Labute approximate surface area is 119 Å². The van der Waals surface area contributed by atoms with Gasteiger partial charge in [-0.25, -0.2) is 4.98 Å². The maximum absolute atomic E-state index is 5.68. The van der Waals surface area contributed by atoms with E-state index in [1.54, 1.807) is 11.3 Å². The molecule has 0 N–H and O–H groups in total. The number of hydrogen-bond acceptors (Lipinski definition) is 2. The molecule has 0 fully saturated rings. The first kappa shape index (κ1) is 13.1. The summed E-state index contributed by atoms with van der Waals surface area (Å²) in [7, 11) is 0. The smallest absolute Gasteiger partial charge is 0.123 e. The molecule has 1 aromatic heterocycles. The monoisotopic (exact) mass is 329 g/mol. The van der Waals surface area contributed by atoms with Crippen molar-refractivity contribution in [3.63, 3.8) is 0 Å². The van der Waals surface area contributed by atoms with E-state index >= 15 is 0 Å². The van der Waals surface area contributed by atoms with Crippen LogP contribution in [0.2, 0.25) is 0 Å². The molecule has 0 aliphatic carbocycles. The molecule has 4 heteroatoms. The average molecular weight is 331 g/mol. The number of aryl methyl sites for hydroxylation is 2. The zero-order chi connectivity index (χ0) is 12.3. The summed E-state index contributed by atoms with van der Waals surface area (Å²) in [5.74, 6) is 0.697. The Balaban J connectivity index is 2.21. The van der Waals surface area contributed by atoms with Gasteiger partial charge in [0.25, 0.3) is 0 Å². The quantitative estimate of drug-likeness (QED) is 0.715. The Kier molecular flexibility index (Phi) is 4.60. The van der Waals surface area contributed by atoms with Gasteiger partial charge in [0.05, 0.1) is 5.69 Å². The van der Waals surface area contributed by atoms with Crippen molar-refractivity contribution in [2.45, 2.75) is 19.8 Å². The fourth-order valence-electron chi connectivity index (χ4n) is 1.53. The van der Waals surface area contributed by atoms with Gasteiger partial charge in [-0.05, 0) is 31.4 Å². The van der Waals surface area contributed by atoms with Gasteiger partial charge in [0.2, 0.25) is 0 Å². The first-order valence-corrected chi connectivity index (χ1v) is 7.68. The van der Waals surface area contributed by atoms with Crippen molar-refractivity contribution < 1.29 is 0 Å². The van der Waals surface area contributed by atoms with E-state index in [2.05, 4.69) is 51.4 Å². The summed E-state index contributed by atoms with van der Waals surface area (Å²) < 4.78 is 1.13. The molecule has 0 aliphatic heterocycles. The van der Waals surface area contributed by atoms with Crippen LogP contribution in [0.5, 0.6) is 0 Å². The fraction of sp³-hybridized carbons (Fsp3) is 0.308. The van der Waals surface area contributed by atoms with Crippen LogP contribution in [0.3, 0.4) is 0 Å². The molecule has 1 aromatic carbocycles. The highest BCUT2D eigenvalue weighted by molar-refractivity contribution is 9.10. The van der Waals surface area contributed by atoms with Crippen LogP contribution in [0.25, 0.3) is 10.6 Å². The standard InChI is InChI=1S/C13H13BrClNS/c1-9-4-5-10(7-12(9)14)13-16-11(8-17-13)3-2-6-15/h4-5,7-8H,2-3,6H2,1H3. The molecular weight excluding hydrogens is 318 g/mol. The number of aromatic nitrogens is 1. The molecule has 1 nitrogen and oxygen atoms in total. The van der Waals surface area contributed by atoms with E-state index in [1.165, 1.54) is 11.1 Å². The lowest BCUT2D eigenvalue weighted by Crippen LogP contribution is -1.86. The number of benzene rings is 1. The van der Waals surface area contributed by atoms with Crippen molar-refractivity contribution in [3.8, 4) is 10.6 Å². The second kappa shape index (κ2) is 5.98. The highest BCUT2D eigenvalue weighted by Gasteiger charge is 2.06. The van der Waals surface area contributed by atoms with Gasteiger partial charge in [0.1, 0.15) is 5.01 Å². The molecule has 0 aliphatic rings.